The molecule has 0 aliphatic rings. The van der Waals surface area contributed by atoms with Crippen molar-refractivity contribution in [2.45, 2.75) is 13.8 Å². The molecule has 0 amide bonds. The van der Waals surface area contributed by atoms with E-state index < -0.39 is 0 Å². The van der Waals surface area contributed by atoms with Gasteiger partial charge in [-0.3, -0.25) is 0 Å². The molecule has 2 aromatic rings. The van der Waals surface area contributed by atoms with E-state index in [9.17, 15) is 4.79 Å². The summed E-state index contributed by atoms with van der Waals surface area (Å²) < 4.78 is 5.92. The summed E-state index contributed by atoms with van der Waals surface area (Å²) in [4.78, 5) is 16.0. The third-order valence-electron chi connectivity index (χ3n) is 2.25. The van der Waals surface area contributed by atoms with Crippen molar-refractivity contribution in [3.8, 4) is 0 Å². The first-order chi connectivity index (χ1) is 7.49. The Labute approximate surface area is 101 Å². The zero-order valence-corrected chi connectivity index (χ0v) is 10.6. The van der Waals surface area contributed by atoms with Crippen molar-refractivity contribution in [1.29, 1.82) is 0 Å². The van der Waals surface area contributed by atoms with Gasteiger partial charge < -0.3 is 4.42 Å². The Morgan fingerprint density at radius 1 is 1.50 bits per heavy atom. The lowest BCUT2D eigenvalue weighted by molar-refractivity contribution is 0.486. The third kappa shape index (κ3) is 1.80. The first-order valence-corrected chi connectivity index (χ1v) is 5.55. The van der Waals surface area contributed by atoms with Crippen molar-refractivity contribution in [3.05, 3.63) is 45.1 Å². The molecule has 0 aliphatic carbocycles. The Kier molecular flexibility index (Phi) is 2.68. The lowest BCUT2D eigenvalue weighted by Gasteiger charge is -2.03. The lowest BCUT2D eigenvalue weighted by atomic mass is 10.1. The molecule has 0 radical (unpaired) electrons. The number of hydrogen-bond acceptors (Lipinski definition) is 3. The monoisotopic (exact) mass is 279 g/mol. The highest BCUT2D eigenvalue weighted by atomic mass is 79.9. The first-order valence-electron chi connectivity index (χ1n) is 4.76. The second kappa shape index (κ2) is 3.87. The topological polar surface area (TPSA) is 43.1 Å². The summed E-state index contributed by atoms with van der Waals surface area (Å²) >= 11 is 3.34. The van der Waals surface area contributed by atoms with Gasteiger partial charge in [-0.15, -0.1) is 0 Å². The van der Waals surface area contributed by atoms with Crippen LogP contribution in [0.2, 0.25) is 0 Å². The Hall–Kier alpha value is -1.42. The van der Waals surface area contributed by atoms with Crippen LogP contribution < -0.4 is 5.63 Å². The number of fused-ring (bicyclic) bond motifs is 1. The van der Waals surface area contributed by atoms with Crippen LogP contribution in [0.15, 0.2) is 32.4 Å². The maximum Gasteiger partial charge on any atom is 0.347 e. The van der Waals surface area contributed by atoms with E-state index in [0.717, 1.165) is 10.0 Å². The van der Waals surface area contributed by atoms with E-state index >= 15 is 0 Å². The summed E-state index contributed by atoms with van der Waals surface area (Å²) in [6, 6.07) is 3.63. The summed E-state index contributed by atoms with van der Waals surface area (Å²) in [5.41, 5.74) is 1.85. The molecule has 2 rings (SSSR count). The van der Waals surface area contributed by atoms with E-state index in [1.54, 1.807) is 13.0 Å². The predicted molar refractivity (Wildman–Crippen MR) is 67.4 cm³/mol. The molecule has 16 heavy (non-hydrogen) atoms. The maximum absolute atomic E-state index is 11.7. The van der Waals surface area contributed by atoms with Crippen LogP contribution in [0.1, 0.15) is 18.4 Å². The average molecular weight is 280 g/mol. The number of halogens is 1. The van der Waals surface area contributed by atoms with Crippen molar-refractivity contribution in [2.75, 3.05) is 0 Å². The van der Waals surface area contributed by atoms with E-state index in [2.05, 4.69) is 27.5 Å². The molecular formula is C12H10BrNO2. The van der Waals surface area contributed by atoms with E-state index in [4.69, 9.17) is 4.42 Å². The zero-order valence-electron chi connectivity index (χ0n) is 9.00. The van der Waals surface area contributed by atoms with Crippen LogP contribution in [0.25, 0.3) is 16.5 Å². The molecule has 0 saturated carbocycles. The summed E-state index contributed by atoms with van der Waals surface area (Å²) in [5.74, 6) is 0.294. The molecule has 0 fully saturated rings. The highest BCUT2D eigenvalue weighted by molar-refractivity contribution is 9.10. The van der Waals surface area contributed by atoms with Gasteiger partial charge in [0, 0.05) is 10.0 Å². The molecule has 0 bridgehead atoms. The third-order valence-corrected chi connectivity index (χ3v) is 2.71. The van der Waals surface area contributed by atoms with Gasteiger partial charge in [0.1, 0.15) is 0 Å². The molecule has 82 valence electrons. The van der Waals surface area contributed by atoms with Crippen LogP contribution in [0.5, 0.6) is 0 Å². The van der Waals surface area contributed by atoms with Crippen LogP contribution in [0.4, 0.5) is 0 Å². The zero-order chi connectivity index (χ0) is 11.9. The summed E-state index contributed by atoms with van der Waals surface area (Å²) in [7, 11) is 0. The molecular weight excluding hydrogens is 270 g/mol. The SMILES string of the molecule is C=C(C)c1nc2c(C)cc(Br)cc2c(=O)o1. The second-order valence-corrected chi connectivity index (χ2v) is 4.62. The minimum absolute atomic E-state index is 0.294. The van der Waals surface area contributed by atoms with Crippen LogP contribution in [0.3, 0.4) is 0 Å². The first kappa shape index (κ1) is 11.1. The predicted octanol–water partition coefficient (Wildman–Crippen LogP) is 3.29. The van der Waals surface area contributed by atoms with E-state index in [1.807, 2.05) is 13.0 Å². The van der Waals surface area contributed by atoms with E-state index in [0.29, 0.717) is 22.4 Å². The Morgan fingerprint density at radius 2 is 2.19 bits per heavy atom. The van der Waals surface area contributed by atoms with Gasteiger partial charge in [-0.1, -0.05) is 22.5 Å². The second-order valence-electron chi connectivity index (χ2n) is 3.71. The standard InChI is InChI=1S/C12H10BrNO2/c1-6(2)11-14-10-7(3)4-8(13)5-9(10)12(15)16-11/h4-5H,1H2,2-3H3. The lowest BCUT2D eigenvalue weighted by Crippen LogP contribution is -2.05. The Bertz CT molecular complexity index is 643. The molecule has 0 N–H and O–H groups in total. The van der Waals surface area contributed by atoms with Gasteiger partial charge in [-0.2, -0.15) is 0 Å². The molecule has 0 saturated heterocycles. The minimum Gasteiger partial charge on any atom is -0.404 e. The van der Waals surface area contributed by atoms with Gasteiger partial charge >= 0.3 is 5.63 Å². The van der Waals surface area contributed by atoms with Crippen LogP contribution in [-0.4, -0.2) is 4.98 Å². The van der Waals surface area contributed by atoms with Crippen LogP contribution in [0, 0.1) is 6.92 Å². The van der Waals surface area contributed by atoms with Gasteiger partial charge in [0.05, 0.1) is 10.9 Å². The maximum atomic E-state index is 11.7. The number of aromatic nitrogens is 1. The van der Waals surface area contributed by atoms with E-state index in [-0.39, 0.29) is 5.63 Å². The molecule has 1 aromatic carbocycles. The number of rotatable bonds is 1. The summed E-state index contributed by atoms with van der Waals surface area (Å²) in [6.45, 7) is 7.38. The fourth-order valence-corrected chi connectivity index (χ4v) is 2.06. The fourth-order valence-electron chi connectivity index (χ4n) is 1.49. The summed E-state index contributed by atoms with van der Waals surface area (Å²) in [6.07, 6.45) is 0. The van der Waals surface area contributed by atoms with Crippen molar-refractivity contribution in [2.24, 2.45) is 0 Å². The molecule has 1 heterocycles. The largest absolute Gasteiger partial charge is 0.404 e. The number of benzene rings is 1. The Balaban J connectivity index is 2.93. The van der Waals surface area contributed by atoms with E-state index in [1.165, 1.54) is 0 Å². The van der Waals surface area contributed by atoms with Crippen molar-refractivity contribution >= 4 is 32.4 Å². The van der Waals surface area contributed by atoms with Crippen LogP contribution in [-0.2, 0) is 0 Å². The quantitative estimate of drug-likeness (QED) is 0.805. The molecule has 0 aliphatic heterocycles. The normalized spacial score (nSPS) is 10.7. The van der Waals surface area contributed by atoms with Gasteiger partial charge in [0.25, 0.3) is 0 Å². The van der Waals surface area contributed by atoms with Crippen LogP contribution >= 0.6 is 15.9 Å². The van der Waals surface area contributed by atoms with Gasteiger partial charge in [-0.25, -0.2) is 9.78 Å². The van der Waals surface area contributed by atoms with Gasteiger partial charge in [0.2, 0.25) is 5.89 Å². The molecule has 0 unspecified atom stereocenters. The number of aryl methyl sites for hydroxylation is 1. The van der Waals surface area contributed by atoms with Gasteiger partial charge in [0.15, 0.2) is 0 Å². The number of nitrogens with zero attached hydrogens (tertiary/aromatic N) is 1. The number of hydrogen-bond donors (Lipinski definition) is 0. The average Bonchev–Trinajstić information content (AvgIpc) is 2.19. The molecule has 3 nitrogen and oxygen atoms in total. The molecule has 1 aromatic heterocycles. The van der Waals surface area contributed by atoms with Gasteiger partial charge in [-0.05, 0) is 31.5 Å². The Morgan fingerprint density at radius 3 is 2.81 bits per heavy atom. The highest BCUT2D eigenvalue weighted by Crippen LogP contribution is 2.21. The number of allylic oxidation sites excluding steroid dienone is 1. The highest BCUT2D eigenvalue weighted by Gasteiger charge is 2.09. The molecule has 4 heteroatoms. The fraction of sp³-hybridized carbons (Fsp3) is 0.167. The van der Waals surface area contributed by atoms with Crippen molar-refractivity contribution < 1.29 is 4.42 Å². The van der Waals surface area contributed by atoms with Crippen molar-refractivity contribution in [3.63, 3.8) is 0 Å². The summed E-state index contributed by atoms with van der Waals surface area (Å²) in [5, 5.41) is 0.483. The molecule has 0 spiro atoms. The molecule has 0 atom stereocenters. The minimum atomic E-state index is -0.382. The van der Waals surface area contributed by atoms with Crippen molar-refractivity contribution in [1.82, 2.24) is 4.98 Å². The smallest absolute Gasteiger partial charge is 0.347 e.